The van der Waals surface area contributed by atoms with Gasteiger partial charge in [-0.25, -0.2) is 0 Å². The van der Waals surface area contributed by atoms with Crippen LogP contribution in [0.1, 0.15) is 16.1 Å². The van der Waals surface area contributed by atoms with E-state index in [9.17, 15) is 4.79 Å². The molecule has 0 aliphatic heterocycles. The van der Waals surface area contributed by atoms with Crippen LogP contribution >= 0.6 is 22.9 Å². The SMILES string of the molecule is C#CCCOc1nc(Cl)c(C=O)s1. The number of nitrogens with zero attached hydrogens (tertiary/aromatic N) is 1. The topological polar surface area (TPSA) is 39.2 Å². The molecule has 0 atom stereocenters. The number of rotatable bonds is 4. The van der Waals surface area contributed by atoms with E-state index in [2.05, 4.69) is 10.9 Å². The predicted octanol–water partition coefficient (Wildman–Crippen LogP) is 2.01. The van der Waals surface area contributed by atoms with Gasteiger partial charge in [0.05, 0.1) is 0 Å². The molecule has 0 saturated heterocycles. The smallest absolute Gasteiger partial charge is 0.275 e. The maximum atomic E-state index is 10.4. The number of hydrogen-bond acceptors (Lipinski definition) is 4. The Hall–Kier alpha value is -1.05. The lowest BCUT2D eigenvalue weighted by atomic mass is 10.5. The van der Waals surface area contributed by atoms with Crippen molar-refractivity contribution in [1.29, 1.82) is 0 Å². The molecule has 0 bridgehead atoms. The van der Waals surface area contributed by atoms with Gasteiger partial charge in [-0.1, -0.05) is 22.9 Å². The Kier molecular flexibility index (Phi) is 3.74. The Balaban J connectivity index is 2.58. The van der Waals surface area contributed by atoms with Crippen LogP contribution in [-0.4, -0.2) is 17.9 Å². The Bertz CT molecular complexity index is 342. The molecule has 68 valence electrons. The number of hydrogen-bond donors (Lipinski definition) is 0. The molecule has 0 saturated carbocycles. The zero-order valence-electron chi connectivity index (χ0n) is 6.62. The maximum Gasteiger partial charge on any atom is 0.275 e. The fourth-order valence-electron chi connectivity index (χ4n) is 0.626. The number of terminal acetylenes is 1. The normalized spacial score (nSPS) is 9.23. The molecule has 1 aromatic rings. The third-order valence-corrected chi connectivity index (χ3v) is 2.46. The zero-order chi connectivity index (χ0) is 9.68. The van der Waals surface area contributed by atoms with Gasteiger partial charge in [0.2, 0.25) is 0 Å². The van der Waals surface area contributed by atoms with Crippen LogP contribution in [0.4, 0.5) is 0 Å². The van der Waals surface area contributed by atoms with Gasteiger partial charge in [0.15, 0.2) is 11.4 Å². The fourth-order valence-corrected chi connectivity index (χ4v) is 1.56. The molecule has 1 rings (SSSR count). The van der Waals surface area contributed by atoms with E-state index in [4.69, 9.17) is 22.8 Å². The molecule has 5 heteroatoms. The summed E-state index contributed by atoms with van der Waals surface area (Å²) in [5.41, 5.74) is 0. The van der Waals surface area contributed by atoms with E-state index in [1.165, 1.54) is 0 Å². The van der Waals surface area contributed by atoms with Crippen molar-refractivity contribution in [3.05, 3.63) is 10.0 Å². The van der Waals surface area contributed by atoms with Gasteiger partial charge in [0.25, 0.3) is 5.19 Å². The number of ether oxygens (including phenoxy) is 1. The van der Waals surface area contributed by atoms with Crippen molar-refractivity contribution in [3.8, 4) is 17.5 Å². The quantitative estimate of drug-likeness (QED) is 0.438. The number of carbonyl (C=O) groups excluding carboxylic acids is 1. The summed E-state index contributed by atoms with van der Waals surface area (Å²) in [6.07, 6.45) is 6.18. The lowest BCUT2D eigenvalue weighted by Gasteiger charge is -1.95. The van der Waals surface area contributed by atoms with Crippen molar-refractivity contribution in [2.24, 2.45) is 0 Å². The first-order valence-corrected chi connectivity index (χ1v) is 4.65. The van der Waals surface area contributed by atoms with Crippen molar-refractivity contribution in [1.82, 2.24) is 4.98 Å². The third kappa shape index (κ3) is 2.72. The van der Waals surface area contributed by atoms with E-state index < -0.39 is 0 Å². The van der Waals surface area contributed by atoms with Gasteiger partial charge in [-0.3, -0.25) is 4.79 Å². The van der Waals surface area contributed by atoms with Crippen LogP contribution in [0, 0.1) is 12.3 Å². The monoisotopic (exact) mass is 215 g/mol. The van der Waals surface area contributed by atoms with Crippen LogP contribution in [0.15, 0.2) is 0 Å². The molecule has 0 N–H and O–H groups in total. The first-order valence-electron chi connectivity index (χ1n) is 3.45. The minimum atomic E-state index is 0.177. The molecule has 0 amide bonds. The second-order valence-corrected chi connectivity index (χ2v) is 3.41. The van der Waals surface area contributed by atoms with Gasteiger partial charge in [-0.2, -0.15) is 4.98 Å². The minimum absolute atomic E-state index is 0.177. The lowest BCUT2D eigenvalue weighted by molar-refractivity contribution is 0.112. The van der Waals surface area contributed by atoms with E-state index >= 15 is 0 Å². The van der Waals surface area contributed by atoms with E-state index in [0.29, 0.717) is 29.4 Å². The van der Waals surface area contributed by atoms with Crippen molar-refractivity contribution >= 4 is 29.2 Å². The maximum absolute atomic E-state index is 10.4. The minimum Gasteiger partial charge on any atom is -0.469 e. The summed E-state index contributed by atoms with van der Waals surface area (Å²) in [6.45, 7) is 0.388. The fraction of sp³-hybridized carbons (Fsp3) is 0.250. The van der Waals surface area contributed by atoms with Gasteiger partial charge in [0, 0.05) is 6.42 Å². The largest absolute Gasteiger partial charge is 0.469 e. The first kappa shape index (κ1) is 10.0. The molecule has 13 heavy (non-hydrogen) atoms. The van der Waals surface area contributed by atoms with Crippen LogP contribution in [0.25, 0.3) is 0 Å². The van der Waals surface area contributed by atoms with E-state index in [0.717, 1.165) is 11.3 Å². The molecule has 0 spiro atoms. The number of thiazole rings is 1. The molecular weight excluding hydrogens is 210 g/mol. The van der Waals surface area contributed by atoms with Crippen molar-refractivity contribution < 1.29 is 9.53 Å². The summed E-state index contributed by atoms with van der Waals surface area (Å²) in [5.74, 6) is 2.42. The summed E-state index contributed by atoms with van der Waals surface area (Å²) in [7, 11) is 0. The number of carbonyl (C=O) groups is 1. The summed E-state index contributed by atoms with van der Waals surface area (Å²) < 4.78 is 5.13. The van der Waals surface area contributed by atoms with Crippen molar-refractivity contribution in [3.63, 3.8) is 0 Å². The van der Waals surface area contributed by atoms with Crippen LogP contribution in [-0.2, 0) is 0 Å². The molecule has 0 radical (unpaired) electrons. The molecule has 0 unspecified atom stereocenters. The number of aldehydes is 1. The summed E-state index contributed by atoms with van der Waals surface area (Å²) in [6, 6.07) is 0. The van der Waals surface area contributed by atoms with Crippen molar-refractivity contribution in [2.75, 3.05) is 6.61 Å². The Morgan fingerprint density at radius 3 is 3.08 bits per heavy atom. The predicted molar refractivity (Wildman–Crippen MR) is 51.5 cm³/mol. The van der Waals surface area contributed by atoms with Gasteiger partial charge in [-0.15, -0.1) is 12.3 Å². The van der Waals surface area contributed by atoms with Gasteiger partial charge < -0.3 is 4.74 Å². The highest BCUT2D eigenvalue weighted by atomic mass is 35.5. The van der Waals surface area contributed by atoms with Crippen LogP contribution in [0.3, 0.4) is 0 Å². The lowest BCUT2D eigenvalue weighted by Crippen LogP contribution is -1.94. The molecule has 3 nitrogen and oxygen atoms in total. The van der Waals surface area contributed by atoms with Gasteiger partial charge in [0.1, 0.15) is 11.5 Å². The van der Waals surface area contributed by atoms with Gasteiger partial charge in [-0.05, 0) is 0 Å². The standard InChI is InChI=1S/C8H6ClNO2S/c1-2-3-4-12-8-10-7(9)6(5-11)13-8/h1,5H,3-4H2. The third-order valence-electron chi connectivity index (χ3n) is 1.17. The van der Waals surface area contributed by atoms with E-state index in [-0.39, 0.29) is 5.15 Å². The second-order valence-electron chi connectivity index (χ2n) is 2.06. The second kappa shape index (κ2) is 4.85. The summed E-state index contributed by atoms with van der Waals surface area (Å²) in [5, 5.41) is 0.554. The van der Waals surface area contributed by atoms with Crippen LogP contribution in [0.2, 0.25) is 5.15 Å². The highest BCUT2D eigenvalue weighted by Crippen LogP contribution is 2.26. The number of halogens is 1. The molecule has 1 heterocycles. The average molecular weight is 216 g/mol. The summed E-state index contributed by atoms with van der Waals surface area (Å²) >= 11 is 6.71. The van der Waals surface area contributed by atoms with E-state index in [1.807, 2.05) is 0 Å². The Morgan fingerprint density at radius 2 is 2.54 bits per heavy atom. The highest BCUT2D eigenvalue weighted by Gasteiger charge is 2.08. The van der Waals surface area contributed by atoms with Crippen LogP contribution in [0.5, 0.6) is 5.19 Å². The van der Waals surface area contributed by atoms with Gasteiger partial charge >= 0.3 is 0 Å². The summed E-state index contributed by atoms with van der Waals surface area (Å²) in [4.78, 5) is 14.6. The molecule has 0 aliphatic carbocycles. The molecule has 0 aromatic carbocycles. The average Bonchev–Trinajstić information content (AvgIpc) is 2.47. The highest BCUT2D eigenvalue weighted by molar-refractivity contribution is 7.15. The Labute approximate surface area is 84.7 Å². The first-order chi connectivity index (χ1) is 6.27. The molecule has 0 fully saturated rings. The van der Waals surface area contributed by atoms with Crippen molar-refractivity contribution in [2.45, 2.75) is 6.42 Å². The van der Waals surface area contributed by atoms with Crippen LogP contribution < -0.4 is 4.74 Å². The van der Waals surface area contributed by atoms with E-state index in [1.54, 1.807) is 0 Å². The number of aromatic nitrogens is 1. The molecular formula is C8H6ClNO2S. The molecule has 0 aliphatic rings. The Morgan fingerprint density at radius 1 is 1.77 bits per heavy atom. The molecule has 1 aromatic heterocycles. The zero-order valence-corrected chi connectivity index (χ0v) is 8.19.